The molecule has 18 heteroatoms. The van der Waals surface area contributed by atoms with Gasteiger partial charge in [0.05, 0.1) is 29.8 Å². The van der Waals surface area contributed by atoms with Gasteiger partial charge in [0.25, 0.3) is 0 Å². The van der Waals surface area contributed by atoms with Crippen molar-refractivity contribution in [2.75, 3.05) is 71.2 Å². The molecule has 10 rings (SSSR count). The number of pyridine rings is 2. The highest BCUT2D eigenvalue weighted by molar-refractivity contribution is 6.28. The smallest absolute Gasteiger partial charge is 0.223 e. The molecule has 392 valence electrons. The number of nitrogens with two attached hydrogens (primary N) is 1. The zero-order chi connectivity index (χ0) is 51.8. The van der Waals surface area contributed by atoms with Gasteiger partial charge < -0.3 is 15.5 Å². The Morgan fingerprint density at radius 3 is 1.47 bits per heavy atom. The van der Waals surface area contributed by atoms with Crippen molar-refractivity contribution in [3.63, 3.8) is 0 Å². The maximum atomic E-state index is 14.8. The first kappa shape index (κ1) is 55.4. The van der Waals surface area contributed by atoms with Crippen molar-refractivity contribution in [3.8, 4) is 22.5 Å². The number of anilines is 1. The van der Waals surface area contributed by atoms with Crippen molar-refractivity contribution in [2.45, 2.75) is 80.3 Å². The molecule has 0 bridgehead atoms. The predicted molar refractivity (Wildman–Crippen MR) is 294 cm³/mol. The van der Waals surface area contributed by atoms with Crippen LogP contribution in [-0.4, -0.2) is 135 Å². The van der Waals surface area contributed by atoms with Crippen molar-refractivity contribution in [3.05, 3.63) is 136 Å². The van der Waals surface area contributed by atoms with Crippen LogP contribution in [-0.2, 0) is 33.6 Å². The zero-order valence-electron chi connectivity index (χ0n) is 43.4. The van der Waals surface area contributed by atoms with Gasteiger partial charge in [-0.05, 0) is 84.1 Å². The lowest BCUT2D eigenvalue weighted by Crippen LogP contribution is -2.45. The molecule has 2 saturated heterocycles. The summed E-state index contributed by atoms with van der Waals surface area (Å²) < 4.78 is 32.5. The van der Waals surface area contributed by atoms with E-state index >= 15 is 0 Å². The van der Waals surface area contributed by atoms with Crippen LogP contribution < -0.4 is 5.73 Å². The van der Waals surface area contributed by atoms with Gasteiger partial charge in [0.15, 0.2) is 11.6 Å². The lowest BCUT2D eigenvalue weighted by Gasteiger charge is -2.33. The second kappa shape index (κ2) is 25.2. The molecule has 8 aromatic rings. The average Bonchev–Trinajstić information content (AvgIpc) is 3.91. The van der Waals surface area contributed by atoms with E-state index in [9.17, 15) is 8.78 Å². The largest absolute Gasteiger partial charge is 0.384 e. The number of fused-ring (bicyclic) bond motifs is 2. The molecule has 2 fully saturated rings. The van der Waals surface area contributed by atoms with E-state index in [1.54, 1.807) is 6.07 Å². The molecule has 2 aliphatic rings. The Kier molecular flexibility index (Phi) is 18.9. The molecule has 0 amide bonds. The van der Waals surface area contributed by atoms with Gasteiger partial charge in [-0.25, -0.2) is 33.7 Å². The number of hydrogen-bond acceptors (Lipinski definition) is 13. The molecular formula is C56H72ClF2N15. The maximum absolute atomic E-state index is 14.8. The molecule has 0 radical (unpaired) electrons. The quantitative estimate of drug-likeness (QED) is 0.116. The molecular weight excluding hydrogens is 956 g/mol. The predicted octanol–water partition coefficient (Wildman–Crippen LogP) is 9.80. The monoisotopic (exact) mass is 1030 g/mol. The number of rotatable bonds is 12. The van der Waals surface area contributed by atoms with Crippen LogP contribution >= 0.6 is 11.6 Å². The molecule has 2 aromatic carbocycles. The molecule has 15 nitrogen and oxygen atoms in total. The summed E-state index contributed by atoms with van der Waals surface area (Å²) in [5.41, 5.74) is 14.8. The van der Waals surface area contributed by atoms with E-state index in [1.807, 2.05) is 78.3 Å². The Balaban J connectivity index is 0.000000178. The standard InChI is InChI=1S/C28H34FN7.C15H14ClFN4.C12H20N4.CH4/c1-5-35-10-12-36(13-11-35)18-20-6-8-22(30-16-20)15-26-31-17-24(29)27(32-26)21-7-9-25-23(14-21)28(19(2)3)34(4)33-25;1-8(2)14-10-6-9(4-5-12(10)20-21(14)3)13-11(17)7-18-15(16)19-13;1-2-15-5-7-16(8-6-15)10-11-3-4-12(13)14-9-11;/h6-9,14,16-17,19H,5,10-13,15,18H2,1-4H3;4-8H,1-3H3;3-4,9H,2,5-8,10H2,1H3,(H2,13,14);1H4. The minimum Gasteiger partial charge on any atom is -0.384 e. The summed E-state index contributed by atoms with van der Waals surface area (Å²) in [7, 11) is 3.86. The van der Waals surface area contributed by atoms with E-state index in [0.717, 1.165) is 116 Å². The van der Waals surface area contributed by atoms with Crippen LogP contribution in [0.2, 0.25) is 5.28 Å². The molecule has 0 saturated carbocycles. The number of aryl methyl sites for hydroxylation is 2. The maximum Gasteiger partial charge on any atom is 0.223 e. The Morgan fingerprint density at radius 2 is 1.03 bits per heavy atom. The highest BCUT2D eigenvalue weighted by atomic mass is 35.5. The summed E-state index contributed by atoms with van der Waals surface area (Å²) in [4.78, 5) is 35.1. The molecule has 8 heterocycles. The SMILES string of the molecule is C.CC(C)c1c2cc(-c3nc(Cl)ncc3F)ccc2nn1C.CCN1CCN(Cc2ccc(Cc3ncc(F)c(-c4ccc5nn(C)c(C(C)C)c5c4)n3)nc2)CC1.CCN1CCN(Cc2ccc(N)nc2)CC1. The minimum atomic E-state index is -0.492. The normalized spacial score (nSPS) is 14.8. The van der Waals surface area contributed by atoms with E-state index in [2.05, 4.69) is 113 Å². The van der Waals surface area contributed by atoms with Crippen LogP contribution in [0, 0.1) is 11.6 Å². The lowest BCUT2D eigenvalue weighted by molar-refractivity contribution is 0.132. The molecule has 0 atom stereocenters. The Bertz CT molecular complexity index is 3090. The lowest BCUT2D eigenvalue weighted by atomic mass is 10.0. The van der Waals surface area contributed by atoms with Crippen molar-refractivity contribution in [1.29, 1.82) is 0 Å². The van der Waals surface area contributed by atoms with E-state index in [4.69, 9.17) is 17.3 Å². The molecule has 6 aromatic heterocycles. The van der Waals surface area contributed by atoms with E-state index in [-0.39, 0.29) is 18.4 Å². The number of benzene rings is 2. The van der Waals surface area contributed by atoms with Crippen LogP contribution in [0.3, 0.4) is 0 Å². The third-order valence-electron chi connectivity index (χ3n) is 13.6. The third-order valence-corrected chi connectivity index (χ3v) is 13.8. The summed E-state index contributed by atoms with van der Waals surface area (Å²) in [6.45, 7) is 26.2. The van der Waals surface area contributed by atoms with Crippen LogP contribution in [0.25, 0.3) is 44.3 Å². The van der Waals surface area contributed by atoms with Gasteiger partial charge in [-0.2, -0.15) is 10.2 Å². The molecule has 2 N–H and O–H groups in total. The summed E-state index contributed by atoms with van der Waals surface area (Å²) in [6.07, 6.45) is 6.62. The molecule has 2 aliphatic heterocycles. The van der Waals surface area contributed by atoms with Gasteiger partial charge in [-0.3, -0.25) is 24.1 Å². The number of aromatic nitrogens is 10. The Morgan fingerprint density at radius 1 is 0.568 bits per heavy atom. The summed E-state index contributed by atoms with van der Waals surface area (Å²) in [5, 5.41) is 11.1. The van der Waals surface area contributed by atoms with Gasteiger partial charge in [0.1, 0.15) is 23.0 Å². The second-order valence-corrected chi connectivity index (χ2v) is 19.8. The van der Waals surface area contributed by atoms with Gasteiger partial charge in [0.2, 0.25) is 5.28 Å². The molecule has 0 aliphatic carbocycles. The fraction of sp³-hybridized carbons (Fsp3) is 0.429. The second-order valence-electron chi connectivity index (χ2n) is 19.5. The average molecular weight is 1030 g/mol. The molecule has 74 heavy (non-hydrogen) atoms. The Hall–Kier alpha value is -6.37. The summed E-state index contributed by atoms with van der Waals surface area (Å²) in [5.74, 6) is 0.843. The Labute approximate surface area is 439 Å². The first-order valence-corrected chi connectivity index (χ1v) is 25.7. The summed E-state index contributed by atoms with van der Waals surface area (Å²) >= 11 is 5.77. The van der Waals surface area contributed by atoms with Gasteiger partial charge >= 0.3 is 0 Å². The van der Waals surface area contributed by atoms with Crippen molar-refractivity contribution < 1.29 is 8.78 Å². The van der Waals surface area contributed by atoms with Gasteiger partial charge in [0, 0.05) is 131 Å². The number of likely N-dealkylation sites (N-methyl/N-ethyl adjacent to an activating group) is 2. The van der Waals surface area contributed by atoms with Crippen LogP contribution in [0.4, 0.5) is 14.6 Å². The number of nitrogen functional groups attached to an aromatic ring is 1. The number of hydrogen-bond donors (Lipinski definition) is 1. The summed E-state index contributed by atoms with van der Waals surface area (Å²) in [6, 6.07) is 19.4. The third kappa shape index (κ3) is 13.7. The van der Waals surface area contributed by atoms with Gasteiger partial charge in [-0.15, -0.1) is 0 Å². The fourth-order valence-electron chi connectivity index (χ4n) is 9.73. The van der Waals surface area contributed by atoms with E-state index in [1.165, 1.54) is 30.4 Å². The zero-order valence-corrected chi connectivity index (χ0v) is 44.2. The van der Waals surface area contributed by atoms with E-state index in [0.29, 0.717) is 41.2 Å². The highest BCUT2D eigenvalue weighted by Gasteiger charge is 2.20. The number of piperazine rings is 2. The van der Waals surface area contributed by atoms with Crippen LogP contribution in [0.15, 0.2) is 85.5 Å². The first-order chi connectivity index (χ1) is 35.2. The van der Waals surface area contributed by atoms with Crippen molar-refractivity contribution in [2.24, 2.45) is 14.1 Å². The first-order valence-electron chi connectivity index (χ1n) is 25.3. The topological polar surface area (TPSA) is 152 Å². The number of nitrogens with zero attached hydrogens (tertiary/aromatic N) is 14. The van der Waals surface area contributed by atoms with Crippen molar-refractivity contribution >= 4 is 39.2 Å². The number of halogens is 3. The fourth-order valence-corrected chi connectivity index (χ4v) is 9.86. The van der Waals surface area contributed by atoms with Crippen LogP contribution in [0.5, 0.6) is 0 Å². The highest BCUT2D eigenvalue weighted by Crippen LogP contribution is 2.32. The van der Waals surface area contributed by atoms with Crippen LogP contribution in [0.1, 0.15) is 94.8 Å². The van der Waals surface area contributed by atoms with E-state index < -0.39 is 11.6 Å². The molecule has 0 spiro atoms. The van der Waals surface area contributed by atoms with Crippen molar-refractivity contribution in [1.82, 2.24) is 69.1 Å². The molecule has 0 unspecified atom stereocenters. The minimum absolute atomic E-state index is 0. The van der Waals surface area contributed by atoms with Gasteiger partial charge in [-0.1, -0.05) is 73.2 Å².